The Morgan fingerprint density at radius 3 is 1.69 bits per heavy atom. The van der Waals surface area contributed by atoms with E-state index in [0.717, 1.165) is 44.9 Å². The number of nitrogens with one attached hydrogen (secondary N) is 1. The molecule has 48 heavy (non-hydrogen) atoms. The van der Waals surface area contributed by atoms with E-state index in [0.29, 0.717) is 17.4 Å². The molecule has 0 saturated heterocycles. The van der Waals surface area contributed by atoms with Crippen LogP contribution in [0.4, 0.5) is 0 Å². The van der Waals surface area contributed by atoms with E-state index in [4.69, 9.17) is 9.05 Å². The summed E-state index contributed by atoms with van der Waals surface area (Å²) in [5.41, 5.74) is 0. The molecule has 0 spiro atoms. The number of quaternary nitrogens is 1. The van der Waals surface area contributed by atoms with E-state index in [1.165, 1.54) is 103 Å². The minimum Gasteiger partial charge on any atom is -0.756 e. The average Bonchev–Trinajstić information content (AvgIpc) is 3.03. The summed E-state index contributed by atoms with van der Waals surface area (Å²) in [6.07, 6.45) is 35.8. The zero-order valence-electron chi connectivity index (χ0n) is 31.9. The average molecular weight is 701 g/mol. The second kappa shape index (κ2) is 31.9. The van der Waals surface area contributed by atoms with E-state index in [2.05, 4.69) is 31.3 Å². The van der Waals surface area contributed by atoms with Gasteiger partial charge in [0, 0.05) is 6.42 Å². The number of carbonyl (C=O) groups is 1. The number of amides is 1. The van der Waals surface area contributed by atoms with E-state index in [9.17, 15) is 19.4 Å². The van der Waals surface area contributed by atoms with Gasteiger partial charge in [-0.1, -0.05) is 154 Å². The van der Waals surface area contributed by atoms with Gasteiger partial charge in [-0.3, -0.25) is 9.36 Å². The summed E-state index contributed by atoms with van der Waals surface area (Å²) < 4.78 is 22.9. The molecule has 0 rings (SSSR count). The van der Waals surface area contributed by atoms with E-state index < -0.39 is 26.6 Å². The minimum absolute atomic E-state index is 0.00577. The van der Waals surface area contributed by atoms with Crippen LogP contribution in [0.25, 0.3) is 0 Å². The first-order chi connectivity index (χ1) is 23.0. The zero-order valence-corrected chi connectivity index (χ0v) is 32.8. The number of allylic oxidation sites excluding steroid dienone is 3. The predicted octanol–water partition coefficient (Wildman–Crippen LogP) is 9.55. The third-order valence-corrected chi connectivity index (χ3v) is 9.63. The van der Waals surface area contributed by atoms with Crippen molar-refractivity contribution in [3.05, 3.63) is 24.3 Å². The van der Waals surface area contributed by atoms with Crippen LogP contribution in [-0.4, -0.2) is 68.5 Å². The van der Waals surface area contributed by atoms with Crippen molar-refractivity contribution in [2.45, 2.75) is 180 Å². The minimum atomic E-state index is -4.57. The van der Waals surface area contributed by atoms with Crippen LogP contribution in [0.2, 0.25) is 0 Å². The number of carbonyl (C=O) groups excluding carboxylic acids is 1. The summed E-state index contributed by atoms with van der Waals surface area (Å²) in [4.78, 5) is 24.8. The van der Waals surface area contributed by atoms with Gasteiger partial charge in [0.1, 0.15) is 13.2 Å². The summed E-state index contributed by atoms with van der Waals surface area (Å²) in [5, 5.41) is 13.5. The maximum Gasteiger partial charge on any atom is 0.268 e. The quantitative estimate of drug-likeness (QED) is 0.0295. The molecule has 0 fully saturated rings. The fourth-order valence-electron chi connectivity index (χ4n) is 5.46. The molecule has 1 amide bonds. The lowest BCUT2D eigenvalue weighted by molar-refractivity contribution is -0.870. The number of nitrogens with zero attached hydrogens (tertiary/aromatic N) is 1. The highest BCUT2D eigenvalue weighted by molar-refractivity contribution is 7.45. The number of hydrogen-bond acceptors (Lipinski definition) is 6. The highest BCUT2D eigenvalue weighted by atomic mass is 31.2. The SMILES string of the molecule is CCCCCCCCCCCCCCCCCC/C=C/CC/C=C/C(O)C(COP(=O)([O-])OCC[N+](C)(C)C)NC(=O)CCCCCC. The monoisotopic (exact) mass is 701 g/mol. The molecule has 0 saturated carbocycles. The molecule has 8 nitrogen and oxygen atoms in total. The molecule has 9 heteroatoms. The molecule has 0 bridgehead atoms. The highest BCUT2D eigenvalue weighted by Crippen LogP contribution is 2.38. The van der Waals surface area contributed by atoms with Crippen LogP contribution in [0.3, 0.4) is 0 Å². The van der Waals surface area contributed by atoms with Gasteiger partial charge in [0.2, 0.25) is 5.91 Å². The third-order valence-electron chi connectivity index (χ3n) is 8.66. The van der Waals surface area contributed by atoms with E-state index in [1.54, 1.807) is 6.08 Å². The van der Waals surface area contributed by atoms with Crippen molar-refractivity contribution in [3.8, 4) is 0 Å². The molecule has 0 heterocycles. The first-order valence-corrected chi connectivity index (χ1v) is 21.2. The van der Waals surface area contributed by atoms with Crippen LogP contribution >= 0.6 is 7.82 Å². The molecule has 284 valence electrons. The number of unbranched alkanes of at least 4 members (excludes halogenated alkanes) is 20. The topological polar surface area (TPSA) is 108 Å². The Morgan fingerprint density at radius 2 is 1.17 bits per heavy atom. The second-order valence-electron chi connectivity index (χ2n) is 14.6. The van der Waals surface area contributed by atoms with Crippen LogP contribution in [0.15, 0.2) is 24.3 Å². The molecule has 0 aromatic rings. The van der Waals surface area contributed by atoms with Gasteiger partial charge < -0.3 is 28.8 Å². The van der Waals surface area contributed by atoms with E-state index in [1.807, 2.05) is 27.2 Å². The van der Waals surface area contributed by atoms with Gasteiger partial charge in [-0.05, 0) is 32.1 Å². The smallest absolute Gasteiger partial charge is 0.268 e. The Balaban J connectivity index is 4.21. The van der Waals surface area contributed by atoms with Gasteiger partial charge in [-0.15, -0.1) is 0 Å². The summed E-state index contributed by atoms with van der Waals surface area (Å²) in [5.74, 6) is -0.226. The lowest BCUT2D eigenvalue weighted by Gasteiger charge is -2.29. The standard InChI is InChI=1S/C39H77N2O6P/c1-6-8-10-12-13-14-15-16-17-18-19-20-21-22-23-24-25-26-27-28-29-30-32-38(42)37(40-39(43)33-31-11-9-7-2)36-47-48(44,45)46-35-34-41(3,4)5/h26-27,30,32,37-38,42H,6-25,28-29,31,33-36H2,1-5H3,(H-,40,43,44,45)/b27-26+,32-30+. The van der Waals surface area contributed by atoms with Gasteiger partial charge >= 0.3 is 0 Å². The van der Waals surface area contributed by atoms with Gasteiger partial charge in [0.25, 0.3) is 7.82 Å². The van der Waals surface area contributed by atoms with Crippen molar-refractivity contribution in [1.29, 1.82) is 0 Å². The fraction of sp³-hybridized carbons (Fsp3) is 0.872. The van der Waals surface area contributed by atoms with Gasteiger partial charge in [-0.25, -0.2) is 0 Å². The lowest BCUT2D eigenvalue weighted by atomic mass is 10.0. The molecular formula is C39H77N2O6P. The van der Waals surface area contributed by atoms with Crippen molar-refractivity contribution in [2.24, 2.45) is 0 Å². The Morgan fingerprint density at radius 1 is 0.708 bits per heavy atom. The van der Waals surface area contributed by atoms with Crippen molar-refractivity contribution in [2.75, 3.05) is 40.9 Å². The molecular weight excluding hydrogens is 623 g/mol. The number of hydrogen-bond donors (Lipinski definition) is 2. The van der Waals surface area contributed by atoms with Crippen molar-refractivity contribution >= 4 is 13.7 Å². The molecule has 0 aromatic carbocycles. The number of aliphatic hydroxyl groups is 1. The first kappa shape index (κ1) is 47.0. The van der Waals surface area contributed by atoms with Crippen LogP contribution in [-0.2, 0) is 18.4 Å². The summed E-state index contributed by atoms with van der Waals surface area (Å²) in [6.45, 7) is 4.48. The first-order valence-electron chi connectivity index (χ1n) is 19.7. The molecule has 3 atom stereocenters. The normalized spacial score (nSPS) is 14.9. The second-order valence-corrected chi connectivity index (χ2v) is 16.0. The van der Waals surface area contributed by atoms with Crippen LogP contribution in [0, 0.1) is 0 Å². The predicted molar refractivity (Wildman–Crippen MR) is 201 cm³/mol. The number of phosphoric ester groups is 1. The fourth-order valence-corrected chi connectivity index (χ4v) is 6.18. The molecule has 2 N–H and O–H groups in total. The molecule has 0 radical (unpaired) electrons. The van der Waals surface area contributed by atoms with Crippen LogP contribution < -0.4 is 10.2 Å². The molecule has 3 unspecified atom stereocenters. The molecule has 0 aliphatic rings. The maximum atomic E-state index is 12.5. The Labute approximate surface area is 296 Å². The van der Waals surface area contributed by atoms with Gasteiger partial charge in [0.15, 0.2) is 0 Å². The third kappa shape index (κ3) is 33.5. The maximum absolute atomic E-state index is 12.5. The Kier molecular flexibility index (Phi) is 31.2. The summed E-state index contributed by atoms with van der Waals surface area (Å²) in [7, 11) is 1.24. The van der Waals surface area contributed by atoms with Crippen molar-refractivity contribution in [1.82, 2.24) is 5.32 Å². The van der Waals surface area contributed by atoms with E-state index >= 15 is 0 Å². The van der Waals surface area contributed by atoms with Gasteiger partial charge in [-0.2, -0.15) is 0 Å². The summed E-state index contributed by atoms with van der Waals surface area (Å²) >= 11 is 0. The van der Waals surface area contributed by atoms with E-state index in [-0.39, 0.29) is 12.5 Å². The van der Waals surface area contributed by atoms with Crippen molar-refractivity contribution in [3.63, 3.8) is 0 Å². The number of rotatable bonds is 35. The lowest BCUT2D eigenvalue weighted by Crippen LogP contribution is -2.45. The Hall–Kier alpha value is -1.02. The van der Waals surface area contributed by atoms with Crippen molar-refractivity contribution < 1.29 is 32.9 Å². The Bertz CT molecular complexity index is 845. The number of likely N-dealkylation sites (N-methyl/N-ethyl adjacent to an activating group) is 1. The van der Waals surface area contributed by atoms with Gasteiger partial charge in [0.05, 0.1) is 39.9 Å². The largest absolute Gasteiger partial charge is 0.756 e. The van der Waals surface area contributed by atoms with Crippen LogP contribution in [0.1, 0.15) is 168 Å². The molecule has 0 aromatic heterocycles. The summed E-state index contributed by atoms with van der Waals surface area (Å²) in [6, 6.07) is -0.894. The molecule has 0 aliphatic heterocycles. The number of phosphoric acid groups is 1. The zero-order chi connectivity index (χ0) is 35.8. The number of aliphatic hydroxyl groups excluding tert-OH is 1. The van der Waals surface area contributed by atoms with Crippen LogP contribution in [0.5, 0.6) is 0 Å². The highest BCUT2D eigenvalue weighted by Gasteiger charge is 2.23. The molecule has 0 aliphatic carbocycles.